The van der Waals surface area contributed by atoms with Crippen LogP contribution in [0.5, 0.6) is 0 Å². The van der Waals surface area contributed by atoms with Crippen LogP contribution in [-0.2, 0) is 0 Å². The quantitative estimate of drug-likeness (QED) is 0.898. The molecule has 0 radical (unpaired) electrons. The van der Waals surface area contributed by atoms with E-state index in [-0.39, 0.29) is 11.7 Å². The average Bonchev–Trinajstić information content (AvgIpc) is 3.30. The van der Waals surface area contributed by atoms with Crippen LogP contribution in [0, 0.1) is 12.7 Å². The average molecular weight is 373 g/mol. The van der Waals surface area contributed by atoms with Crippen molar-refractivity contribution in [1.29, 1.82) is 0 Å². The lowest BCUT2D eigenvalue weighted by Gasteiger charge is -2.32. The number of amides is 1. The van der Waals surface area contributed by atoms with Crippen LogP contribution in [0.2, 0.25) is 0 Å². The largest absolute Gasteiger partial charge is 0.336 e. The van der Waals surface area contributed by atoms with Crippen molar-refractivity contribution >= 4 is 17.2 Å². The van der Waals surface area contributed by atoms with Gasteiger partial charge in [-0.2, -0.15) is 0 Å². The van der Waals surface area contributed by atoms with Crippen molar-refractivity contribution in [3.63, 3.8) is 0 Å². The maximum absolute atomic E-state index is 13.2. The summed E-state index contributed by atoms with van der Waals surface area (Å²) in [6, 6.07) is 8.93. The molecule has 26 heavy (non-hydrogen) atoms. The molecule has 1 unspecified atom stereocenters. The molecule has 3 heterocycles. The number of thiophene rings is 1. The highest BCUT2D eigenvalue weighted by molar-refractivity contribution is 7.14. The summed E-state index contributed by atoms with van der Waals surface area (Å²) in [6.07, 6.45) is 1.06. The molecular weight excluding hydrogens is 349 g/mol. The summed E-state index contributed by atoms with van der Waals surface area (Å²) in [4.78, 5) is 19.3. The number of rotatable bonds is 3. The van der Waals surface area contributed by atoms with E-state index in [1.54, 1.807) is 12.1 Å². The summed E-state index contributed by atoms with van der Waals surface area (Å²) in [5.41, 5.74) is 1.98. The van der Waals surface area contributed by atoms with E-state index < -0.39 is 0 Å². The van der Waals surface area contributed by atoms with Gasteiger partial charge in [-0.05, 0) is 42.7 Å². The molecule has 2 aliphatic rings. The van der Waals surface area contributed by atoms with Crippen molar-refractivity contribution in [3.8, 4) is 11.1 Å². The molecule has 0 saturated carbocycles. The molecule has 0 spiro atoms. The van der Waals surface area contributed by atoms with Crippen molar-refractivity contribution in [2.45, 2.75) is 19.4 Å². The Morgan fingerprint density at radius 2 is 1.92 bits per heavy atom. The minimum atomic E-state index is -0.242. The fourth-order valence-electron chi connectivity index (χ4n) is 3.93. The zero-order chi connectivity index (χ0) is 18.1. The molecule has 1 N–H and O–H groups in total. The van der Waals surface area contributed by atoms with Gasteiger partial charge in [0.25, 0.3) is 5.91 Å². The van der Waals surface area contributed by atoms with Crippen molar-refractivity contribution < 1.29 is 9.18 Å². The van der Waals surface area contributed by atoms with Gasteiger partial charge in [-0.15, -0.1) is 11.3 Å². The number of aryl methyl sites for hydroxylation is 1. The standard InChI is InChI=1S/C20H24FN3OS/c1-14-18(15-2-4-16(21)5-3-15)12-19(26-14)20(25)24-9-6-17(13-24)23-10-7-22-8-11-23/h2-5,12,17,22H,6-11,13H2,1H3. The monoisotopic (exact) mass is 373 g/mol. The molecular formula is C20H24FN3OS. The van der Waals surface area contributed by atoms with Gasteiger partial charge in [-0.25, -0.2) is 4.39 Å². The number of carbonyl (C=O) groups is 1. The van der Waals surface area contributed by atoms with E-state index in [1.807, 2.05) is 17.9 Å². The molecule has 2 aliphatic heterocycles. The third kappa shape index (κ3) is 3.54. The Morgan fingerprint density at radius 1 is 1.19 bits per heavy atom. The molecule has 1 aromatic heterocycles. The Balaban J connectivity index is 1.47. The highest BCUT2D eigenvalue weighted by Crippen LogP contribution is 2.32. The third-order valence-corrected chi connectivity index (χ3v) is 6.44. The van der Waals surface area contributed by atoms with Crippen LogP contribution in [0.25, 0.3) is 11.1 Å². The highest BCUT2D eigenvalue weighted by atomic mass is 32.1. The number of hydrogen-bond donors (Lipinski definition) is 1. The summed E-state index contributed by atoms with van der Waals surface area (Å²) in [5.74, 6) is -0.113. The number of halogens is 1. The molecule has 2 saturated heterocycles. The second-order valence-electron chi connectivity index (χ2n) is 7.07. The zero-order valence-corrected chi connectivity index (χ0v) is 15.8. The molecule has 1 atom stereocenters. The number of nitrogens with one attached hydrogen (secondary N) is 1. The number of carbonyl (C=O) groups excluding carboxylic acids is 1. The van der Waals surface area contributed by atoms with Gasteiger partial charge in [0.05, 0.1) is 4.88 Å². The zero-order valence-electron chi connectivity index (χ0n) is 15.0. The first-order chi connectivity index (χ1) is 12.6. The number of benzene rings is 1. The van der Waals surface area contributed by atoms with Gasteiger partial charge in [0.1, 0.15) is 5.82 Å². The molecule has 2 aromatic rings. The molecule has 1 amide bonds. The van der Waals surface area contributed by atoms with E-state index in [2.05, 4.69) is 10.2 Å². The maximum Gasteiger partial charge on any atom is 0.264 e. The minimum Gasteiger partial charge on any atom is -0.336 e. The van der Waals surface area contributed by atoms with Crippen molar-refractivity contribution in [2.75, 3.05) is 39.3 Å². The lowest BCUT2D eigenvalue weighted by atomic mass is 10.1. The van der Waals surface area contributed by atoms with Gasteiger partial charge >= 0.3 is 0 Å². The number of likely N-dealkylation sites (tertiary alicyclic amines) is 1. The SMILES string of the molecule is Cc1sc(C(=O)N2CCC(N3CCNCC3)C2)cc1-c1ccc(F)cc1. The van der Waals surface area contributed by atoms with Crippen molar-refractivity contribution in [1.82, 2.24) is 15.1 Å². The van der Waals surface area contributed by atoms with Crippen LogP contribution in [0.3, 0.4) is 0 Å². The highest BCUT2D eigenvalue weighted by Gasteiger charge is 2.32. The first-order valence-electron chi connectivity index (χ1n) is 9.22. The Bertz CT molecular complexity index is 783. The Hall–Kier alpha value is -1.76. The fourth-order valence-corrected chi connectivity index (χ4v) is 4.94. The van der Waals surface area contributed by atoms with Crippen LogP contribution < -0.4 is 5.32 Å². The van der Waals surface area contributed by atoms with E-state index in [9.17, 15) is 9.18 Å². The predicted octanol–water partition coefficient (Wildman–Crippen LogP) is 2.98. The van der Waals surface area contributed by atoms with Gasteiger partial charge in [-0.3, -0.25) is 9.69 Å². The van der Waals surface area contributed by atoms with E-state index in [0.717, 1.165) is 66.6 Å². The predicted molar refractivity (Wildman–Crippen MR) is 103 cm³/mol. The first kappa shape index (κ1) is 17.6. The lowest BCUT2D eigenvalue weighted by Crippen LogP contribution is -2.49. The molecule has 0 aliphatic carbocycles. The van der Waals surface area contributed by atoms with Crippen LogP contribution in [0.1, 0.15) is 21.0 Å². The van der Waals surface area contributed by atoms with Crippen LogP contribution in [-0.4, -0.2) is 61.0 Å². The Morgan fingerprint density at radius 3 is 2.65 bits per heavy atom. The summed E-state index contributed by atoms with van der Waals surface area (Å²) in [7, 11) is 0. The molecule has 138 valence electrons. The van der Waals surface area contributed by atoms with Gasteiger partial charge in [-0.1, -0.05) is 12.1 Å². The minimum absolute atomic E-state index is 0.129. The number of hydrogen-bond acceptors (Lipinski definition) is 4. The van der Waals surface area contributed by atoms with Crippen LogP contribution >= 0.6 is 11.3 Å². The van der Waals surface area contributed by atoms with E-state index >= 15 is 0 Å². The van der Waals surface area contributed by atoms with Crippen LogP contribution in [0.15, 0.2) is 30.3 Å². The fraction of sp³-hybridized carbons (Fsp3) is 0.450. The second kappa shape index (κ2) is 7.47. The Kier molecular flexibility index (Phi) is 5.07. The van der Waals surface area contributed by atoms with Gasteiger partial charge < -0.3 is 10.2 Å². The van der Waals surface area contributed by atoms with E-state index in [0.29, 0.717) is 6.04 Å². The number of piperazine rings is 1. The van der Waals surface area contributed by atoms with Crippen molar-refractivity contribution in [3.05, 3.63) is 45.9 Å². The molecule has 4 rings (SSSR count). The van der Waals surface area contributed by atoms with Gasteiger partial charge in [0.15, 0.2) is 0 Å². The third-order valence-electron chi connectivity index (χ3n) is 5.40. The van der Waals surface area contributed by atoms with E-state index in [4.69, 9.17) is 0 Å². The van der Waals surface area contributed by atoms with Gasteiger partial charge in [0, 0.05) is 50.2 Å². The Labute approximate surface area is 157 Å². The van der Waals surface area contributed by atoms with E-state index in [1.165, 1.54) is 23.5 Å². The molecule has 6 heteroatoms. The van der Waals surface area contributed by atoms with Crippen molar-refractivity contribution in [2.24, 2.45) is 0 Å². The molecule has 0 bridgehead atoms. The maximum atomic E-state index is 13.2. The molecule has 2 fully saturated rings. The number of nitrogens with zero attached hydrogens (tertiary/aromatic N) is 2. The summed E-state index contributed by atoms with van der Waals surface area (Å²) in [5, 5.41) is 3.38. The normalized spacial score (nSPS) is 21.3. The van der Waals surface area contributed by atoms with Gasteiger partial charge in [0.2, 0.25) is 0 Å². The summed E-state index contributed by atoms with van der Waals surface area (Å²) in [6.45, 7) is 7.88. The lowest BCUT2D eigenvalue weighted by molar-refractivity contribution is 0.0778. The molecule has 4 nitrogen and oxygen atoms in total. The second-order valence-corrected chi connectivity index (χ2v) is 8.32. The first-order valence-corrected chi connectivity index (χ1v) is 10.0. The smallest absolute Gasteiger partial charge is 0.264 e. The summed E-state index contributed by atoms with van der Waals surface area (Å²) < 4.78 is 13.2. The topological polar surface area (TPSA) is 35.6 Å². The molecule has 1 aromatic carbocycles. The summed E-state index contributed by atoms with van der Waals surface area (Å²) >= 11 is 1.54. The van der Waals surface area contributed by atoms with Crippen LogP contribution in [0.4, 0.5) is 4.39 Å².